The number of ether oxygens (including phenoxy) is 1. The Morgan fingerprint density at radius 3 is 2.32 bits per heavy atom. The van der Waals surface area contributed by atoms with E-state index in [-0.39, 0.29) is 16.3 Å². The fourth-order valence-electron chi connectivity index (χ4n) is 3.10. The number of nitrogens with one attached hydrogen (secondary N) is 1. The van der Waals surface area contributed by atoms with Crippen molar-refractivity contribution in [3.8, 4) is 5.75 Å². The lowest BCUT2D eigenvalue weighted by atomic mass is 10.1. The Morgan fingerprint density at radius 1 is 1.07 bits per heavy atom. The second-order valence-corrected chi connectivity index (χ2v) is 8.32. The van der Waals surface area contributed by atoms with Crippen LogP contribution in [0.15, 0.2) is 41.3 Å². The third-order valence-electron chi connectivity index (χ3n) is 4.56. The van der Waals surface area contributed by atoms with E-state index in [1.807, 2.05) is 0 Å². The molecule has 3 rings (SSSR count). The standard InChI is InChI=1S/C19H20F2N2O4S/c1-27-17-9-8-13(28(25,26)23-10-3-2-4-11-23)12-16(17)22-19(24)18-14(20)6-5-7-15(18)21/h5-9,12H,2-4,10-11H2,1H3,(H,22,24). The molecule has 0 atom stereocenters. The van der Waals surface area contributed by atoms with Gasteiger partial charge in [-0.3, -0.25) is 4.79 Å². The van der Waals surface area contributed by atoms with Gasteiger partial charge in [0.15, 0.2) is 0 Å². The number of halogens is 2. The first-order valence-corrected chi connectivity index (χ1v) is 10.2. The number of anilines is 1. The molecule has 1 aliphatic rings. The van der Waals surface area contributed by atoms with E-state index in [0.29, 0.717) is 13.1 Å². The normalized spacial score (nSPS) is 15.2. The van der Waals surface area contributed by atoms with Crippen LogP contribution < -0.4 is 10.1 Å². The van der Waals surface area contributed by atoms with Crippen molar-refractivity contribution in [2.24, 2.45) is 0 Å². The van der Waals surface area contributed by atoms with Crippen molar-refractivity contribution >= 4 is 21.6 Å². The Kier molecular flexibility index (Phi) is 5.95. The molecule has 0 radical (unpaired) electrons. The highest BCUT2D eigenvalue weighted by molar-refractivity contribution is 7.89. The van der Waals surface area contributed by atoms with Crippen LogP contribution in [0.4, 0.5) is 14.5 Å². The maximum Gasteiger partial charge on any atom is 0.261 e. The van der Waals surface area contributed by atoms with Crippen LogP contribution >= 0.6 is 0 Å². The Labute approximate surface area is 162 Å². The summed E-state index contributed by atoms with van der Waals surface area (Å²) >= 11 is 0. The number of rotatable bonds is 5. The van der Waals surface area contributed by atoms with Crippen molar-refractivity contribution in [2.45, 2.75) is 24.2 Å². The van der Waals surface area contributed by atoms with Gasteiger partial charge in [0, 0.05) is 13.1 Å². The highest BCUT2D eigenvalue weighted by Crippen LogP contribution is 2.30. The fraction of sp³-hybridized carbons (Fsp3) is 0.316. The molecule has 0 bridgehead atoms. The van der Waals surface area contributed by atoms with Gasteiger partial charge in [-0.1, -0.05) is 12.5 Å². The number of benzene rings is 2. The second-order valence-electron chi connectivity index (χ2n) is 6.38. The van der Waals surface area contributed by atoms with E-state index in [2.05, 4.69) is 5.32 Å². The van der Waals surface area contributed by atoms with Crippen molar-refractivity contribution in [3.63, 3.8) is 0 Å². The van der Waals surface area contributed by atoms with Gasteiger partial charge >= 0.3 is 0 Å². The SMILES string of the molecule is COc1ccc(S(=O)(=O)N2CCCCC2)cc1NC(=O)c1c(F)cccc1F. The molecule has 1 N–H and O–H groups in total. The minimum absolute atomic E-state index is 0.00763. The van der Waals surface area contributed by atoms with Crippen LogP contribution in [-0.4, -0.2) is 38.8 Å². The van der Waals surface area contributed by atoms with Gasteiger partial charge in [-0.05, 0) is 43.2 Å². The molecule has 1 aliphatic heterocycles. The quantitative estimate of drug-likeness (QED) is 0.820. The van der Waals surface area contributed by atoms with Crippen LogP contribution in [0.5, 0.6) is 5.75 Å². The predicted octanol–water partition coefficient (Wildman–Crippen LogP) is 3.40. The van der Waals surface area contributed by atoms with Crippen LogP contribution in [-0.2, 0) is 10.0 Å². The fourth-order valence-corrected chi connectivity index (χ4v) is 4.64. The van der Waals surface area contributed by atoms with E-state index in [0.717, 1.165) is 37.5 Å². The highest BCUT2D eigenvalue weighted by atomic mass is 32.2. The summed E-state index contributed by atoms with van der Waals surface area (Å²) in [6.45, 7) is 0.854. The summed E-state index contributed by atoms with van der Waals surface area (Å²) in [6, 6.07) is 7.08. The lowest BCUT2D eigenvalue weighted by Crippen LogP contribution is -2.35. The average molecular weight is 410 g/mol. The van der Waals surface area contributed by atoms with Crippen LogP contribution in [0.25, 0.3) is 0 Å². The third kappa shape index (κ3) is 4.00. The summed E-state index contributed by atoms with van der Waals surface area (Å²) in [4.78, 5) is 12.4. The zero-order valence-electron chi connectivity index (χ0n) is 15.2. The van der Waals surface area contributed by atoms with Crippen molar-refractivity contribution in [1.82, 2.24) is 4.31 Å². The highest BCUT2D eigenvalue weighted by Gasteiger charge is 2.27. The predicted molar refractivity (Wildman–Crippen MR) is 99.9 cm³/mol. The molecule has 0 aromatic heterocycles. The number of sulfonamides is 1. The van der Waals surface area contributed by atoms with E-state index in [1.54, 1.807) is 0 Å². The van der Waals surface area contributed by atoms with Gasteiger partial charge in [-0.2, -0.15) is 4.31 Å². The average Bonchev–Trinajstić information content (AvgIpc) is 2.68. The molecular formula is C19H20F2N2O4S. The molecule has 6 nitrogen and oxygen atoms in total. The van der Waals surface area contributed by atoms with E-state index in [9.17, 15) is 22.0 Å². The van der Waals surface area contributed by atoms with Gasteiger partial charge in [-0.25, -0.2) is 17.2 Å². The molecule has 1 heterocycles. The molecule has 1 fully saturated rings. The largest absolute Gasteiger partial charge is 0.495 e. The van der Waals surface area contributed by atoms with Crippen molar-refractivity contribution in [2.75, 3.05) is 25.5 Å². The first kappa shape index (κ1) is 20.2. The molecule has 0 spiro atoms. The van der Waals surface area contributed by atoms with Gasteiger partial charge in [0.2, 0.25) is 10.0 Å². The summed E-state index contributed by atoms with van der Waals surface area (Å²) in [5.74, 6) is -2.91. The van der Waals surface area contributed by atoms with Crippen molar-refractivity contribution < 1.29 is 26.7 Å². The molecule has 0 aliphatic carbocycles. The Balaban J connectivity index is 1.94. The number of hydrogen-bond donors (Lipinski definition) is 1. The molecular weight excluding hydrogens is 390 g/mol. The molecule has 9 heteroatoms. The molecule has 28 heavy (non-hydrogen) atoms. The van der Waals surface area contributed by atoms with Crippen LogP contribution in [0.1, 0.15) is 29.6 Å². The maximum absolute atomic E-state index is 13.9. The van der Waals surface area contributed by atoms with Gasteiger partial charge in [0.1, 0.15) is 22.9 Å². The number of methoxy groups -OCH3 is 1. The third-order valence-corrected chi connectivity index (χ3v) is 6.46. The summed E-state index contributed by atoms with van der Waals surface area (Å²) in [6.07, 6.45) is 2.54. The molecule has 1 amide bonds. The summed E-state index contributed by atoms with van der Waals surface area (Å²) in [7, 11) is -2.41. The van der Waals surface area contributed by atoms with Gasteiger partial charge in [0.25, 0.3) is 5.91 Å². The number of piperidine rings is 1. The summed E-state index contributed by atoms with van der Waals surface area (Å²) in [5.41, 5.74) is -0.748. The molecule has 0 saturated carbocycles. The van der Waals surface area contributed by atoms with E-state index in [1.165, 1.54) is 29.6 Å². The van der Waals surface area contributed by atoms with Crippen molar-refractivity contribution in [3.05, 3.63) is 53.6 Å². The second kappa shape index (κ2) is 8.24. The first-order valence-electron chi connectivity index (χ1n) is 8.78. The number of carbonyl (C=O) groups excluding carboxylic acids is 1. The Hall–Kier alpha value is -2.52. The molecule has 2 aromatic carbocycles. The van der Waals surface area contributed by atoms with Gasteiger partial charge in [0.05, 0.1) is 17.7 Å². The van der Waals surface area contributed by atoms with E-state index < -0.39 is 33.1 Å². The van der Waals surface area contributed by atoms with Crippen LogP contribution in [0, 0.1) is 11.6 Å². The van der Waals surface area contributed by atoms with Gasteiger partial charge < -0.3 is 10.1 Å². The first-order chi connectivity index (χ1) is 13.3. The lowest BCUT2D eigenvalue weighted by molar-refractivity contribution is 0.101. The number of nitrogens with zero attached hydrogens (tertiary/aromatic N) is 1. The minimum Gasteiger partial charge on any atom is -0.495 e. The van der Waals surface area contributed by atoms with E-state index in [4.69, 9.17) is 4.74 Å². The number of hydrogen-bond acceptors (Lipinski definition) is 4. The monoisotopic (exact) mass is 410 g/mol. The summed E-state index contributed by atoms with van der Waals surface area (Å²) in [5, 5.41) is 2.35. The molecule has 0 unspecified atom stereocenters. The number of carbonyl (C=O) groups is 1. The lowest BCUT2D eigenvalue weighted by Gasteiger charge is -2.26. The topological polar surface area (TPSA) is 75.7 Å². The zero-order chi connectivity index (χ0) is 20.3. The molecule has 150 valence electrons. The van der Waals surface area contributed by atoms with E-state index >= 15 is 0 Å². The van der Waals surface area contributed by atoms with Crippen LogP contribution in [0.2, 0.25) is 0 Å². The number of amides is 1. The molecule has 1 saturated heterocycles. The molecule has 2 aromatic rings. The van der Waals surface area contributed by atoms with Crippen molar-refractivity contribution in [1.29, 1.82) is 0 Å². The summed E-state index contributed by atoms with van der Waals surface area (Å²) < 4.78 is 60.0. The Morgan fingerprint density at radius 2 is 1.71 bits per heavy atom. The van der Waals surface area contributed by atoms with Gasteiger partial charge in [-0.15, -0.1) is 0 Å². The maximum atomic E-state index is 13.9. The Bertz CT molecular complexity index is 969. The smallest absolute Gasteiger partial charge is 0.261 e. The zero-order valence-corrected chi connectivity index (χ0v) is 16.1. The van der Waals surface area contributed by atoms with Crippen LogP contribution in [0.3, 0.4) is 0 Å². The minimum atomic E-state index is -3.75.